The van der Waals surface area contributed by atoms with E-state index >= 15 is 0 Å². The fourth-order valence-electron chi connectivity index (χ4n) is 1.76. The SMILES string of the molecule is CC(C)NC(=O)c1cccc(NCC(=O)NC(C)(C)C)c1. The van der Waals surface area contributed by atoms with Gasteiger partial charge < -0.3 is 16.0 Å². The smallest absolute Gasteiger partial charge is 0.251 e. The maximum Gasteiger partial charge on any atom is 0.251 e. The lowest BCUT2D eigenvalue weighted by molar-refractivity contribution is -0.120. The lowest BCUT2D eigenvalue weighted by Gasteiger charge is -2.20. The minimum Gasteiger partial charge on any atom is -0.376 e. The molecule has 2 amide bonds. The highest BCUT2D eigenvalue weighted by Gasteiger charge is 2.13. The molecule has 0 saturated carbocycles. The molecule has 0 aromatic heterocycles. The van der Waals surface area contributed by atoms with Crippen molar-refractivity contribution in [3.05, 3.63) is 29.8 Å². The monoisotopic (exact) mass is 291 g/mol. The number of rotatable bonds is 5. The van der Waals surface area contributed by atoms with Crippen LogP contribution in [0, 0.1) is 0 Å². The van der Waals surface area contributed by atoms with Crippen LogP contribution < -0.4 is 16.0 Å². The van der Waals surface area contributed by atoms with Crippen molar-refractivity contribution >= 4 is 17.5 Å². The van der Waals surface area contributed by atoms with Crippen LogP contribution in [0.4, 0.5) is 5.69 Å². The standard InChI is InChI=1S/C16H25N3O2/c1-11(2)18-15(21)12-7-6-8-13(9-12)17-10-14(20)19-16(3,4)5/h6-9,11,17H,10H2,1-5H3,(H,18,21)(H,19,20). The Bertz CT molecular complexity index is 504. The van der Waals surface area contributed by atoms with Gasteiger partial charge in [0.05, 0.1) is 6.54 Å². The third kappa shape index (κ3) is 6.79. The van der Waals surface area contributed by atoms with Gasteiger partial charge in [-0.1, -0.05) is 6.07 Å². The van der Waals surface area contributed by atoms with Gasteiger partial charge >= 0.3 is 0 Å². The number of carbonyl (C=O) groups excluding carboxylic acids is 2. The second kappa shape index (κ2) is 7.11. The number of nitrogens with one attached hydrogen (secondary N) is 3. The largest absolute Gasteiger partial charge is 0.376 e. The van der Waals surface area contributed by atoms with E-state index < -0.39 is 0 Å². The molecule has 116 valence electrons. The quantitative estimate of drug-likeness (QED) is 0.778. The molecular formula is C16H25N3O2. The zero-order chi connectivity index (χ0) is 16.0. The molecule has 0 unspecified atom stereocenters. The van der Waals surface area contributed by atoms with Crippen LogP contribution in [0.2, 0.25) is 0 Å². The summed E-state index contributed by atoms with van der Waals surface area (Å²) in [6, 6.07) is 7.20. The van der Waals surface area contributed by atoms with E-state index in [1.165, 1.54) is 0 Å². The summed E-state index contributed by atoms with van der Waals surface area (Å²) in [5, 5.41) is 8.73. The van der Waals surface area contributed by atoms with E-state index in [-0.39, 0.29) is 29.9 Å². The molecule has 0 aliphatic carbocycles. The first-order chi connectivity index (χ1) is 9.67. The van der Waals surface area contributed by atoms with Crippen molar-refractivity contribution in [1.82, 2.24) is 10.6 Å². The zero-order valence-corrected chi connectivity index (χ0v) is 13.4. The summed E-state index contributed by atoms with van der Waals surface area (Å²) in [5.41, 5.74) is 1.07. The van der Waals surface area contributed by atoms with E-state index in [2.05, 4.69) is 16.0 Å². The van der Waals surface area contributed by atoms with Gasteiger partial charge in [0.25, 0.3) is 5.91 Å². The summed E-state index contributed by atoms with van der Waals surface area (Å²) in [6.07, 6.45) is 0. The molecule has 0 aliphatic rings. The highest BCUT2D eigenvalue weighted by atomic mass is 16.2. The average Bonchev–Trinajstić information content (AvgIpc) is 2.34. The molecule has 1 aromatic rings. The van der Waals surface area contributed by atoms with Crippen LogP contribution in [0.3, 0.4) is 0 Å². The lowest BCUT2D eigenvalue weighted by Crippen LogP contribution is -2.43. The summed E-state index contributed by atoms with van der Waals surface area (Å²) in [4.78, 5) is 23.7. The van der Waals surface area contributed by atoms with Gasteiger partial charge in [-0.3, -0.25) is 9.59 Å². The Morgan fingerprint density at radius 1 is 1.19 bits per heavy atom. The highest BCUT2D eigenvalue weighted by molar-refractivity contribution is 5.95. The molecular weight excluding hydrogens is 266 g/mol. The van der Waals surface area contributed by atoms with Crippen molar-refractivity contribution in [2.75, 3.05) is 11.9 Å². The molecule has 0 heterocycles. The minimum absolute atomic E-state index is 0.0838. The molecule has 0 saturated heterocycles. The number of hydrogen-bond donors (Lipinski definition) is 3. The molecule has 0 atom stereocenters. The first-order valence-electron chi connectivity index (χ1n) is 7.13. The van der Waals surface area contributed by atoms with Crippen LogP contribution in [0.15, 0.2) is 24.3 Å². The second-order valence-corrected chi connectivity index (χ2v) is 6.36. The maximum atomic E-state index is 11.9. The van der Waals surface area contributed by atoms with Crippen LogP contribution in [0.25, 0.3) is 0 Å². The van der Waals surface area contributed by atoms with Gasteiger partial charge in [-0.05, 0) is 52.8 Å². The second-order valence-electron chi connectivity index (χ2n) is 6.36. The normalized spacial score (nSPS) is 11.1. The average molecular weight is 291 g/mol. The van der Waals surface area contributed by atoms with Gasteiger partial charge in [-0.2, -0.15) is 0 Å². The summed E-state index contributed by atoms with van der Waals surface area (Å²) in [5.74, 6) is -0.202. The van der Waals surface area contributed by atoms with Crippen molar-refractivity contribution in [3.8, 4) is 0 Å². The van der Waals surface area contributed by atoms with Crippen LogP contribution in [0.5, 0.6) is 0 Å². The van der Waals surface area contributed by atoms with Gasteiger partial charge in [0.15, 0.2) is 0 Å². The number of carbonyl (C=O) groups is 2. The topological polar surface area (TPSA) is 70.2 Å². The molecule has 5 nitrogen and oxygen atoms in total. The Hall–Kier alpha value is -2.04. The van der Waals surface area contributed by atoms with Crippen molar-refractivity contribution in [3.63, 3.8) is 0 Å². The van der Waals surface area contributed by atoms with Gasteiger partial charge in [0.2, 0.25) is 5.91 Å². The summed E-state index contributed by atoms with van der Waals surface area (Å²) < 4.78 is 0. The fraction of sp³-hybridized carbons (Fsp3) is 0.500. The Balaban J connectivity index is 2.61. The van der Waals surface area contributed by atoms with E-state index in [4.69, 9.17) is 0 Å². The summed E-state index contributed by atoms with van der Waals surface area (Å²) in [7, 11) is 0. The van der Waals surface area contributed by atoms with Crippen molar-refractivity contribution in [2.24, 2.45) is 0 Å². The molecule has 5 heteroatoms. The number of hydrogen-bond acceptors (Lipinski definition) is 3. The van der Waals surface area contributed by atoms with Gasteiger partial charge in [0.1, 0.15) is 0 Å². The van der Waals surface area contributed by atoms with Crippen LogP contribution in [0.1, 0.15) is 45.0 Å². The molecule has 1 rings (SSSR count). The molecule has 3 N–H and O–H groups in total. The van der Waals surface area contributed by atoms with E-state index in [0.717, 1.165) is 5.69 Å². The summed E-state index contributed by atoms with van der Waals surface area (Å²) in [6.45, 7) is 9.80. The van der Waals surface area contributed by atoms with Crippen LogP contribution in [-0.4, -0.2) is 29.9 Å². The first kappa shape index (κ1) is 17.0. The van der Waals surface area contributed by atoms with E-state index in [9.17, 15) is 9.59 Å². The predicted octanol–water partition coefficient (Wildman–Crippen LogP) is 2.15. The van der Waals surface area contributed by atoms with E-state index in [1.54, 1.807) is 18.2 Å². The van der Waals surface area contributed by atoms with Crippen molar-refractivity contribution in [2.45, 2.75) is 46.2 Å². The van der Waals surface area contributed by atoms with Crippen molar-refractivity contribution < 1.29 is 9.59 Å². The van der Waals surface area contributed by atoms with Crippen LogP contribution >= 0.6 is 0 Å². The van der Waals surface area contributed by atoms with E-state index in [1.807, 2.05) is 40.7 Å². The van der Waals surface area contributed by atoms with Crippen LogP contribution in [-0.2, 0) is 4.79 Å². The third-order valence-electron chi connectivity index (χ3n) is 2.51. The van der Waals surface area contributed by atoms with Gasteiger partial charge in [0, 0.05) is 22.8 Å². The molecule has 0 fully saturated rings. The molecule has 0 bridgehead atoms. The fourth-order valence-corrected chi connectivity index (χ4v) is 1.76. The molecule has 0 spiro atoms. The maximum absolute atomic E-state index is 11.9. The molecule has 0 aliphatic heterocycles. The zero-order valence-electron chi connectivity index (χ0n) is 13.4. The Kier molecular flexibility index (Phi) is 5.76. The first-order valence-corrected chi connectivity index (χ1v) is 7.13. The summed E-state index contributed by atoms with van der Waals surface area (Å²) >= 11 is 0. The predicted molar refractivity (Wildman–Crippen MR) is 85.4 cm³/mol. The molecule has 0 radical (unpaired) electrons. The number of benzene rings is 1. The third-order valence-corrected chi connectivity index (χ3v) is 2.51. The highest BCUT2D eigenvalue weighted by Crippen LogP contribution is 2.10. The number of amides is 2. The Morgan fingerprint density at radius 3 is 2.43 bits per heavy atom. The Morgan fingerprint density at radius 2 is 1.86 bits per heavy atom. The van der Waals surface area contributed by atoms with E-state index in [0.29, 0.717) is 5.56 Å². The lowest BCUT2D eigenvalue weighted by atomic mass is 10.1. The minimum atomic E-state index is -0.252. The Labute approximate surface area is 126 Å². The van der Waals surface area contributed by atoms with Crippen molar-refractivity contribution in [1.29, 1.82) is 0 Å². The van der Waals surface area contributed by atoms with Gasteiger partial charge in [-0.25, -0.2) is 0 Å². The number of anilines is 1. The molecule has 21 heavy (non-hydrogen) atoms. The molecule has 1 aromatic carbocycles. The van der Waals surface area contributed by atoms with Gasteiger partial charge in [-0.15, -0.1) is 0 Å².